The molecule has 2 heterocycles. The van der Waals surface area contributed by atoms with Gasteiger partial charge in [-0.2, -0.15) is 5.10 Å². The zero-order chi connectivity index (χ0) is 17.3. The maximum absolute atomic E-state index is 12.5. The van der Waals surface area contributed by atoms with Gasteiger partial charge in [0.15, 0.2) is 0 Å². The summed E-state index contributed by atoms with van der Waals surface area (Å²) in [4.78, 5) is 16.4. The Balaban J connectivity index is 1.41. The van der Waals surface area contributed by atoms with Gasteiger partial charge in [-0.15, -0.1) is 0 Å². The van der Waals surface area contributed by atoms with Crippen LogP contribution >= 0.6 is 0 Å². The van der Waals surface area contributed by atoms with E-state index in [9.17, 15) is 4.79 Å². The standard InChI is InChI=1S/C18H23N5O2/c1-13(10-23-12-19-11-20-23)21-17(24)22-15-9-18(7-4-8-18)25-16-6-3-2-5-14(15)16/h2-3,5-6,11-13,15H,4,7-10H2,1H3,(H2,21,22,24)/t13-,15+/m1/s1. The van der Waals surface area contributed by atoms with Gasteiger partial charge >= 0.3 is 6.03 Å². The number of rotatable bonds is 4. The third kappa shape index (κ3) is 3.31. The van der Waals surface area contributed by atoms with Crippen molar-refractivity contribution in [2.45, 2.75) is 56.8 Å². The number of para-hydroxylation sites is 1. The first-order valence-corrected chi connectivity index (χ1v) is 8.81. The van der Waals surface area contributed by atoms with Crippen LogP contribution < -0.4 is 15.4 Å². The van der Waals surface area contributed by atoms with Gasteiger partial charge in [0.1, 0.15) is 24.0 Å². The van der Waals surface area contributed by atoms with Crippen molar-refractivity contribution in [1.29, 1.82) is 0 Å². The van der Waals surface area contributed by atoms with Crippen LogP contribution in [0, 0.1) is 0 Å². The lowest BCUT2D eigenvalue weighted by molar-refractivity contribution is -0.0355. The second kappa shape index (κ2) is 6.38. The molecule has 1 aliphatic carbocycles. The third-order valence-electron chi connectivity index (χ3n) is 5.07. The number of nitrogens with zero attached hydrogens (tertiary/aromatic N) is 3. The summed E-state index contributed by atoms with van der Waals surface area (Å²) < 4.78 is 7.93. The van der Waals surface area contributed by atoms with Gasteiger partial charge in [0, 0.05) is 18.0 Å². The van der Waals surface area contributed by atoms with E-state index >= 15 is 0 Å². The van der Waals surface area contributed by atoms with Crippen LogP contribution in [-0.2, 0) is 6.54 Å². The van der Waals surface area contributed by atoms with Gasteiger partial charge in [-0.3, -0.25) is 4.68 Å². The van der Waals surface area contributed by atoms with E-state index in [-0.39, 0.29) is 23.7 Å². The average molecular weight is 341 g/mol. The van der Waals surface area contributed by atoms with Gasteiger partial charge in [-0.05, 0) is 32.3 Å². The molecule has 132 valence electrons. The molecule has 0 saturated heterocycles. The Morgan fingerprint density at radius 1 is 1.44 bits per heavy atom. The zero-order valence-electron chi connectivity index (χ0n) is 14.3. The molecule has 2 aromatic rings. The van der Waals surface area contributed by atoms with Crippen LogP contribution in [-0.4, -0.2) is 32.4 Å². The molecule has 1 fully saturated rings. The predicted molar refractivity (Wildman–Crippen MR) is 92.2 cm³/mol. The second-order valence-corrected chi connectivity index (χ2v) is 7.07. The van der Waals surface area contributed by atoms with Crippen LogP contribution in [0.25, 0.3) is 0 Å². The number of aromatic nitrogens is 3. The number of benzene rings is 1. The maximum Gasteiger partial charge on any atom is 0.315 e. The summed E-state index contributed by atoms with van der Waals surface area (Å²) in [6.45, 7) is 2.54. The van der Waals surface area contributed by atoms with E-state index in [0.29, 0.717) is 6.54 Å². The molecule has 25 heavy (non-hydrogen) atoms. The van der Waals surface area contributed by atoms with Gasteiger partial charge in [0.05, 0.1) is 12.6 Å². The number of ether oxygens (including phenoxy) is 1. The van der Waals surface area contributed by atoms with Gasteiger partial charge < -0.3 is 15.4 Å². The van der Waals surface area contributed by atoms with Crippen molar-refractivity contribution in [3.63, 3.8) is 0 Å². The number of hydrogen-bond donors (Lipinski definition) is 2. The maximum atomic E-state index is 12.5. The Morgan fingerprint density at radius 2 is 2.28 bits per heavy atom. The van der Waals surface area contributed by atoms with Gasteiger partial charge in [0.25, 0.3) is 0 Å². The first kappa shape index (κ1) is 15.9. The SMILES string of the molecule is C[C@H](Cn1cncn1)NC(=O)N[C@H]1CC2(CCC2)Oc2ccccc21. The Labute approximate surface area is 146 Å². The summed E-state index contributed by atoms with van der Waals surface area (Å²) in [5, 5.41) is 10.2. The van der Waals surface area contributed by atoms with E-state index in [1.54, 1.807) is 11.0 Å². The topological polar surface area (TPSA) is 81.1 Å². The largest absolute Gasteiger partial charge is 0.487 e. The van der Waals surface area contributed by atoms with Crippen molar-refractivity contribution in [3.05, 3.63) is 42.5 Å². The molecule has 2 amide bonds. The minimum absolute atomic E-state index is 0.0242. The molecule has 2 atom stereocenters. The molecule has 0 bridgehead atoms. The number of nitrogens with one attached hydrogen (secondary N) is 2. The lowest BCUT2D eigenvalue weighted by Crippen LogP contribution is -2.51. The van der Waals surface area contributed by atoms with Gasteiger partial charge in [0.2, 0.25) is 0 Å². The number of carbonyl (C=O) groups excluding carboxylic acids is 1. The molecular weight excluding hydrogens is 318 g/mol. The summed E-state index contributed by atoms with van der Waals surface area (Å²) in [7, 11) is 0. The van der Waals surface area contributed by atoms with Crippen molar-refractivity contribution < 1.29 is 9.53 Å². The highest BCUT2D eigenvalue weighted by Gasteiger charge is 2.45. The smallest absolute Gasteiger partial charge is 0.315 e. The van der Waals surface area contributed by atoms with E-state index < -0.39 is 0 Å². The van der Waals surface area contributed by atoms with Crippen molar-refractivity contribution in [2.75, 3.05) is 0 Å². The zero-order valence-corrected chi connectivity index (χ0v) is 14.3. The number of hydrogen-bond acceptors (Lipinski definition) is 4. The molecule has 0 unspecified atom stereocenters. The Hall–Kier alpha value is -2.57. The molecule has 1 aromatic heterocycles. The molecular formula is C18H23N5O2. The minimum Gasteiger partial charge on any atom is -0.487 e. The highest BCUT2D eigenvalue weighted by atomic mass is 16.5. The van der Waals surface area contributed by atoms with Crippen LogP contribution in [0.3, 0.4) is 0 Å². The number of urea groups is 1. The van der Waals surface area contributed by atoms with Crippen LogP contribution in [0.1, 0.15) is 44.2 Å². The van der Waals surface area contributed by atoms with Crippen molar-refractivity contribution in [3.8, 4) is 5.75 Å². The van der Waals surface area contributed by atoms with E-state index in [2.05, 4.69) is 20.7 Å². The Kier molecular flexibility index (Phi) is 4.07. The van der Waals surface area contributed by atoms with Crippen LogP contribution in [0.15, 0.2) is 36.9 Å². The molecule has 7 heteroatoms. The van der Waals surface area contributed by atoms with Crippen molar-refractivity contribution in [2.24, 2.45) is 0 Å². The normalized spacial score (nSPS) is 21.6. The monoisotopic (exact) mass is 341 g/mol. The molecule has 1 saturated carbocycles. The first-order valence-electron chi connectivity index (χ1n) is 8.81. The molecule has 1 aromatic carbocycles. The van der Waals surface area contributed by atoms with Crippen LogP contribution in [0.4, 0.5) is 4.79 Å². The summed E-state index contributed by atoms with van der Waals surface area (Å²) in [5.74, 6) is 0.898. The summed E-state index contributed by atoms with van der Waals surface area (Å²) in [6.07, 6.45) is 7.27. The second-order valence-electron chi connectivity index (χ2n) is 7.07. The van der Waals surface area contributed by atoms with Crippen LogP contribution in [0.5, 0.6) is 5.75 Å². The van der Waals surface area contributed by atoms with Crippen molar-refractivity contribution >= 4 is 6.03 Å². The highest BCUT2D eigenvalue weighted by Crippen LogP contribution is 2.48. The van der Waals surface area contributed by atoms with Crippen LogP contribution in [0.2, 0.25) is 0 Å². The third-order valence-corrected chi connectivity index (χ3v) is 5.07. The summed E-state index contributed by atoms with van der Waals surface area (Å²) in [6, 6.07) is 7.76. The van der Waals surface area contributed by atoms with Crippen molar-refractivity contribution in [1.82, 2.24) is 25.4 Å². The fraction of sp³-hybridized carbons (Fsp3) is 0.500. The van der Waals surface area contributed by atoms with E-state index in [4.69, 9.17) is 4.74 Å². The van der Waals surface area contributed by atoms with E-state index in [1.165, 1.54) is 12.7 Å². The van der Waals surface area contributed by atoms with Gasteiger partial charge in [-0.1, -0.05) is 18.2 Å². The molecule has 1 spiro atoms. The van der Waals surface area contributed by atoms with E-state index in [1.807, 2.05) is 31.2 Å². The van der Waals surface area contributed by atoms with E-state index in [0.717, 1.165) is 30.6 Å². The summed E-state index contributed by atoms with van der Waals surface area (Å²) >= 11 is 0. The molecule has 2 aliphatic rings. The molecule has 7 nitrogen and oxygen atoms in total. The molecule has 1 aliphatic heterocycles. The molecule has 0 radical (unpaired) electrons. The highest BCUT2D eigenvalue weighted by molar-refractivity contribution is 5.75. The quantitative estimate of drug-likeness (QED) is 0.895. The molecule has 2 N–H and O–H groups in total. The fourth-order valence-electron chi connectivity index (χ4n) is 3.70. The fourth-order valence-corrected chi connectivity index (χ4v) is 3.70. The summed E-state index contributed by atoms with van der Waals surface area (Å²) in [5.41, 5.74) is 0.956. The number of amides is 2. The predicted octanol–water partition coefficient (Wildman–Crippen LogP) is 2.41. The average Bonchev–Trinajstić information content (AvgIpc) is 3.05. The Bertz CT molecular complexity index is 742. The Morgan fingerprint density at radius 3 is 3.00 bits per heavy atom. The minimum atomic E-state index is -0.163. The first-order chi connectivity index (χ1) is 12.1. The lowest BCUT2D eigenvalue weighted by Gasteiger charge is -2.48. The number of carbonyl (C=O) groups is 1. The van der Waals surface area contributed by atoms with Gasteiger partial charge in [-0.25, -0.2) is 9.78 Å². The lowest BCUT2D eigenvalue weighted by atomic mass is 9.73. The number of fused-ring (bicyclic) bond motifs is 1. The molecule has 4 rings (SSSR count).